The molecule has 0 aliphatic carbocycles. The molecule has 4 rings (SSSR count). The Morgan fingerprint density at radius 1 is 1.14 bits per heavy atom. The number of nitrogens with one attached hydrogen (secondary N) is 2. The second-order valence-electron chi connectivity index (χ2n) is 10.0. The van der Waals surface area contributed by atoms with Crippen molar-refractivity contribution in [2.45, 2.75) is 45.6 Å². The van der Waals surface area contributed by atoms with Gasteiger partial charge in [-0.3, -0.25) is 14.3 Å². The number of halogens is 2. The molecule has 1 unspecified atom stereocenters. The van der Waals surface area contributed by atoms with Crippen LogP contribution in [0, 0.1) is 11.7 Å². The van der Waals surface area contributed by atoms with E-state index in [9.17, 15) is 18.4 Å². The second kappa shape index (κ2) is 14.9. The molecule has 10 nitrogen and oxygen atoms in total. The Balaban J connectivity index is 1.41. The summed E-state index contributed by atoms with van der Waals surface area (Å²) >= 11 is 0. The highest BCUT2D eigenvalue weighted by atomic mass is 19.1. The molecule has 0 aliphatic heterocycles. The zero-order valence-electron chi connectivity index (χ0n) is 24.0. The quantitative estimate of drug-likeness (QED) is 0.116. The number of methoxy groups -OCH3 is 1. The van der Waals surface area contributed by atoms with Crippen LogP contribution < -0.4 is 15.4 Å². The van der Waals surface area contributed by atoms with Crippen LogP contribution in [0.3, 0.4) is 0 Å². The molecule has 0 saturated heterocycles. The number of aliphatic carboxylic acids is 1. The van der Waals surface area contributed by atoms with E-state index in [1.165, 1.54) is 25.6 Å². The number of hydrogen-bond donors (Lipinski definition) is 3. The number of ether oxygens (including phenoxy) is 1. The first-order valence-electron chi connectivity index (χ1n) is 14.0. The highest BCUT2D eigenvalue weighted by Gasteiger charge is 2.17. The van der Waals surface area contributed by atoms with Gasteiger partial charge in [0, 0.05) is 17.6 Å². The fourth-order valence-electron chi connectivity index (χ4n) is 4.68. The summed E-state index contributed by atoms with van der Waals surface area (Å²) in [4.78, 5) is 31.8. The van der Waals surface area contributed by atoms with Crippen LogP contribution in [0.1, 0.15) is 50.2 Å². The van der Waals surface area contributed by atoms with E-state index in [1.807, 2.05) is 25.1 Å². The minimum absolute atomic E-state index is 0.0772. The minimum atomic E-state index is -1.04. The van der Waals surface area contributed by atoms with Crippen molar-refractivity contribution in [3.8, 4) is 5.88 Å². The van der Waals surface area contributed by atoms with Crippen LogP contribution in [0.15, 0.2) is 60.8 Å². The van der Waals surface area contributed by atoms with Gasteiger partial charge in [0.1, 0.15) is 18.0 Å². The maximum Gasteiger partial charge on any atom is 0.306 e. The van der Waals surface area contributed by atoms with Gasteiger partial charge in [0.2, 0.25) is 5.88 Å². The third-order valence-corrected chi connectivity index (χ3v) is 7.01. The van der Waals surface area contributed by atoms with Gasteiger partial charge in [-0.15, -0.1) is 0 Å². The fraction of sp³-hybridized carbons (Fsp3) is 0.323. The van der Waals surface area contributed by atoms with Gasteiger partial charge in [-0.2, -0.15) is 5.10 Å². The predicted octanol–water partition coefficient (Wildman–Crippen LogP) is 5.86. The van der Waals surface area contributed by atoms with E-state index < -0.39 is 17.7 Å². The summed E-state index contributed by atoms with van der Waals surface area (Å²) in [7, 11) is 1.38. The largest absolute Gasteiger partial charge is 0.481 e. The van der Waals surface area contributed by atoms with Crippen molar-refractivity contribution in [1.29, 1.82) is 0 Å². The molecule has 0 spiro atoms. The maximum absolute atomic E-state index is 15.0. The summed E-state index contributed by atoms with van der Waals surface area (Å²) in [5.41, 5.74) is 2.40. The second-order valence-corrected chi connectivity index (χ2v) is 10.0. The van der Waals surface area contributed by atoms with Crippen molar-refractivity contribution < 1.29 is 28.2 Å². The lowest BCUT2D eigenvalue weighted by atomic mass is 9.99. The molecule has 226 valence electrons. The molecule has 0 saturated carbocycles. The Bertz CT molecular complexity index is 1610. The molecule has 0 aliphatic rings. The lowest BCUT2D eigenvalue weighted by Gasteiger charge is -2.12. The Labute approximate surface area is 247 Å². The van der Waals surface area contributed by atoms with Crippen molar-refractivity contribution in [3.63, 3.8) is 0 Å². The number of carbonyl (C=O) groups is 2. The van der Waals surface area contributed by atoms with Crippen LogP contribution in [-0.4, -0.2) is 50.4 Å². The molecule has 2 heterocycles. The number of nitrogens with zero attached hydrogens (tertiary/aromatic N) is 4. The first kappa shape index (κ1) is 31.1. The molecule has 3 N–H and O–H groups in total. The van der Waals surface area contributed by atoms with Crippen molar-refractivity contribution in [1.82, 2.24) is 25.1 Å². The van der Waals surface area contributed by atoms with Crippen molar-refractivity contribution in [3.05, 3.63) is 77.8 Å². The van der Waals surface area contributed by atoms with Gasteiger partial charge in [-0.05, 0) is 61.2 Å². The van der Waals surface area contributed by atoms with E-state index >= 15 is 0 Å². The Morgan fingerprint density at radius 2 is 1.98 bits per heavy atom. The monoisotopic (exact) mass is 592 g/mol. The first-order valence-corrected chi connectivity index (χ1v) is 14.0. The van der Waals surface area contributed by atoms with Gasteiger partial charge in [0.05, 0.1) is 36.8 Å². The smallest absolute Gasteiger partial charge is 0.306 e. The Hall–Kier alpha value is -4.87. The summed E-state index contributed by atoms with van der Waals surface area (Å²) in [5, 5.41) is 20.1. The van der Waals surface area contributed by atoms with E-state index in [0.717, 1.165) is 29.0 Å². The third kappa shape index (κ3) is 8.34. The normalized spacial score (nSPS) is 12.2. The van der Waals surface area contributed by atoms with E-state index in [-0.39, 0.29) is 35.5 Å². The molecule has 1 atom stereocenters. The third-order valence-electron chi connectivity index (χ3n) is 7.01. The van der Waals surface area contributed by atoms with Gasteiger partial charge in [-0.1, -0.05) is 31.9 Å². The van der Waals surface area contributed by atoms with Crippen LogP contribution in [0.25, 0.3) is 17.0 Å². The summed E-state index contributed by atoms with van der Waals surface area (Å²) in [6, 6.07) is 11.8. The van der Waals surface area contributed by atoms with Crippen molar-refractivity contribution >= 4 is 40.4 Å². The van der Waals surface area contributed by atoms with Gasteiger partial charge >= 0.3 is 5.97 Å². The van der Waals surface area contributed by atoms with Crippen LogP contribution in [0.4, 0.5) is 20.3 Å². The summed E-state index contributed by atoms with van der Waals surface area (Å²) in [6.07, 6.45) is 7.15. The number of hydrogen-bond acceptors (Lipinski definition) is 7. The summed E-state index contributed by atoms with van der Waals surface area (Å²) < 4.78 is 35.6. The minimum Gasteiger partial charge on any atom is -0.481 e. The van der Waals surface area contributed by atoms with Crippen LogP contribution in [0.5, 0.6) is 5.88 Å². The van der Waals surface area contributed by atoms with Gasteiger partial charge in [-0.25, -0.2) is 18.7 Å². The number of carbonyl (C=O) groups excluding carboxylic acids is 1. The molecule has 12 heteroatoms. The standard InChI is InChI=1S/C31H34F2N6O4/c1-3-21(31(41)42)9-5-4-6-13-34-29(40)26(33)16-25-28(35-19-36-30(25)43-2)38-24-11-12-27-22(15-24)17-37-39(27)18-20-8-7-10-23(32)14-20/h7-8,10-12,14-17,19,21H,3-6,9,13,18H2,1-2H3,(H,34,40)(H,41,42)(H,35,36,38)/b26-16-. The molecule has 2 aromatic carbocycles. The average molecular weight is 593 g/mol. The van der Waals surface area contributed by atoms with Crippen LogP contribution in [0.2, 0.25) is 0 Å². The fourth-order valence-corrected chi connectivity index (χ4v) is 4.68. The molecule has 0 bridgehead atoms. The van der Waals surface area contributed by atoms with Gasteiger partial charge < -0.3 is 20.5 Å². The SMILES string of the molecule is CCC(CCCCCNC(=O)/C(F)=C/c1c(Nc2ccc3c(cnn3Cc3cccc(F)c3)c2)ncnc1OC)C(=O)O. The number of amides is 1. The number of unbranched alkanes of at least 4 members (excludes halogenated alkanes) is 2. The molecule has 1 amide bonds. The first-order chi connectivity index (χ1) is 20.8. The number of rotatable bonds is 15. The molecule has 0 fully saturated rings. The lowest BCUT2D eigenvalue weighted by molar-refractivity contribution is -0.142. The topological polar surface area (TPSA) is 131 Å². The molecular formula is C31H34F2N6O4. The molecule has 43 heavy (non-hydrogen) atoms. The van der Waals surface area contributed by atoms with E-state index in [4.69, 9.17) is 9.84 Å². The number of anilines is 2. The number of fused-ring (bicyclic) bond motifs is 1. The Morgan fingerprint density at radius 3 is 2.72 bits per heavy atom. The highest BCUT2D eigenvalue weighted by molar-refractivity contribution is 5.97. The highest BCUT2D eigenvalue weighted by Crippen LogP contribution is 2.29. The van der Waals surface area contributed by atoms with Gasteiger partial charge in [0.15, 0.2) is 5.83 Å². The van der Waals surface area contributed by atoms with Crippen LogP contribution in [-0.2, 0) is 16.1 Å². The summed E-state index contributed by atoms with van der Waals surface area (Å²) in [6.45, 7) is 2.50. The van der Waals surface area contributed by atoms with E-state index in [1.54, 1.807) is 23.0 Å². The molecule has 2 aromatic heterocycles. The van der Waals surface area contributed by atoms with Crippen LogP contribution >= 0.6 is 0 Å². The molecule has 0 radical (unpaired) electrons. The maximum atomic E-state index is 15.0. The molecule has 4 aromatic rings. The molecular weight excluding hydrogens is 558 g/mol. The van der Waals surface area contributed by atoms with Gasteiger partial charge in [0.25, 0.3) is 5.91 Å². The number of aromatic nitrogens is 4. The van der Waals surface area contributed by atoms with Crippen molar-refractivity contribution in [2.75, 3.05) is 19.0 Å². The predicted molar refractivity (Wildman–Crippen MR) is 159 cm³/mol. The number of carboxylic acids is 1. The van der Waals surface area contributed by atoms with E-state index in [2.05, 4.69) is 25.7 Å². The van der Waals surface area contributed by atoms with E-state index in [0.29, 0.717) is 37.9 Å². The Kier molecular flexibility index (Phi) is 10.7. The number of benzene rings is 2. The lowest BCUT2D eigenvalue weighted by Crippen LogP contribution is -2.24. The van der Waals surface area contributed by atoms with Crippen molar-refractivity contribution in [2.24, 2.45) is 5.92 Å². The zero-order chi connectivity index (χ0) is 30.8. The summed E-state index contributed by atoms with van der Waals surface area (Å²) in [5.74, 6) is -3.10. The number of carboxylic acid groups (broad SMARTS) is 1. The zero-order valence-corrected chi connectivity index (χ0v) is 24.0. The average Bonchev–Trinajstić information content (AvgIpc) is 3.38.